The van der Waals surface area contributed by atoms with E-state index in [2.05, 4.69) is 25.8 Å². The monoisotopic (exact) mass is 224 g/mol. The normalized spacial score (nSPS) is 18.2. The molecule has 0 radical (unpaired) electrons. The Labute approximate surface area is 102 Å². The molecule has 0 saturated heterocycles. The Morgan fingerprint density at radius 2 is 1.81 bits per heavy atom. The van der Waals surface area contributed by atoms with Gasteiger partial charge in [-0.15, -0.1) is 13.2 Å². The van der Waals surface area contributed by atoms with Crippen LogP contribution in [-0.4, -0.2) is 11.2 Å². The van der Waals surface area contributed by atoms with E-state index in [-0.39, 0.29) is 11.5 Å². The summed E-state index contributed by atoms with van der Waals surface area (Å²) in [6.45, 7) is 17.8. The third-order valence-corrected chi connectivity index (χ3v) is 2.92. The van der Waals surface area contributed by atoms with Crippen molar-refractivity contribution in [2.24, 2.45) is 5.41 Å². The molecule has 16 heavy (non-hydrogen) atoms. The van der Waals surface area contributed by atoms with Gasteiger partial charge in [0.1, 0.15) is 0 Å². The number of allylic oxidation sites excluding steroid dienone is 2. The Hall–Kier alpha value is -0.820. The smallest absolute Gasteiger partial charge is 0.0634 e. The lowest BCUT2D eigenvalue weighted by Gasteiger charge is -2.22. The van der Waals surface area contributed by atoms with E-state index in [1.165, 1.54) is 5.57 Å². The second-order valence-electron chi connectivity index (χ2n) is 3.53. The maximum Gasteiger partial charge on any atom is 0.0634 e. The Morgan fingerprint density at radius 1 is 1.38 bits per heavy atom. The van der Waals surface area contributed by atoms with Gasteiger partial charge in [-0.1, -0.05) is 39.5 Å². The van der Waals surface area contributed by atoms with Gasteiger partial charge >= 0.3 is 0 Å². The largest absolute Gasteiger partial charge is 0.392 e. The van der Waals surface area contributed by atoms with Crippen molar-refractivity contribution in [2.45, 2.75) is 53.1 Å². The van der Waals surface area contributed by atoms with E-state index >= 15 is 0 Å². The van der Waals surface area contributed by atoms with Crippen molar-refractivity contribution >= 4 is 0 Å². The molecule has 1 unspecified atom stereocenters. The molecule has 0 aromatic rings. The summed E-state index contributed by atoms with van der Waals surface area (Å²) in [6, 6.07) is 0. The van der Waals surface area contributed by atoms with Crippen LogP contribution < -0.4 is 0 Å². The van der Waals surface area contributed by atoms with Crippen molar-refractivity contribution in [3.8, 4) is 0 Å². The van der Waals surface area contributed by atoms with Crippen molar-refractivity contribution in [2.75, 3.05) is 0 Å². The molecule has 0 bridgehead atoms. The van der Waals surface area contributed by atoms with Crippen LogP contribution in [0.2, 0.25) is 0 Å². The Bertz CT molecular complexity index is 211. The first kappa shape index (κ1) is 17.6. The van der Waals surface area contributed by atoms with Gasteiger partial charge in [-0.25, -0.2) is 0 Å². The van der Waals surface area contributed by atoms with Crippen LogP contribution >= 0.6 is 0 Å². The molecule has 0 aromatic heterocycles. The van der Waals surface area contributed by atoms with Crippen LogP contribution in [0.25, 0.3) is 0 Å². The number of aliphatic hydroxyl groups excluding tert-OH is 1. The van der Waals surface area contributed by atoms with Crippen LogP contribution in [0.1, 0.15) is 47.0 Å². The van der Waals surface area contributed by atoms with Crippen LogP contribution in [0.15, 0.2) is 37.5 Å². The zero-order valence-corrected chi connectivity index (χ0v) is 11.4. The van der Waals surface area contributed by atoms with Gasteiger partial charge in [-0.2, -0.15) is 0 Å². The molecule has 1 fully saturated rings. The molecule has 0 aliphatic heterocycles. The average Bonchev–Trinajstić information content (AvgIpc) is 3.16. The molecule has 0 spiro atoms. The second kappa shape index (κ2) is 9.41. The third kappa shape index (κ3) is 3.97. The Morgan fingerprint density at radius 3 is 2.00 bits per heavy atom. The molecule has 1 nitrogen and oxygen atoms in total. The average molecular weight is 224 g/mol. The zero-order valence-electron chi connectivity index (χ0n) is 11.4. The van der Waals surface area contributed by atoms with Gasteiger partial charge in [-0.05, 0) is 31.8 Å². The van der Waals surface area contributed by atoms with Gasteiger partial charge in [0.25, 0.3) is 0 Å². The van der Waals surface area contributed by atoms with E-state index in [4.69, 9.17) is 0 Å². The molecule has 1 heteroatoms. The quantitative estimate of drug-likeness (QED) is 0.550. The fourth-order valence-electron chi connectivity index (χ4n) is 1.95. The maximum atomic E-state index is 9.79. The van der Waals surface area contributed by atoms with E-state index in [1.54, 1.807) is 0 Å². The molecule has 94 valence electrons. The Kier molecular flexibility index (Phi) is 10.3. The summed E-state index contributed by atoms with van der Waals surface area (Å²) in [6.07, 6.45) is 6.85. The van der Waals surface area contributed by atoms with Gasteiger partial charge in [0, 0.05) is 5.41 Å². The first-order valence-corrected chi connectivity index (χ1v) is 6.18. The van der Waals surface area contributed by atoms with E-state index in [9.17, 15) is 5.11 Å². The highest BCUT2D eigenvalue weighted by molar-refractivity contribution is 5.32. The minimum Gasteiger partial charge on any atom is -0.392 e. The zero-order chi connectivity index (χ0) is 13.2. The molecule has 1 aliphatic carbocycles. The van der Waals surface area contributed by atoms with Crippen molar-refractivity contribution in [1.29, 1.82) is 0 Å². The lowest BCUT2D eigenvalue weighted by molar-refractivity contribution is 0.110. The van der Waals surface area contributed by atoms with Crippen LogP contribution in [-0.2, 0) is 0 Å². The predicted molar refractivity (Wildman–Crippen MR) is 74.5 cm³/mol. The summed E-state index contributed by atoms with van der Waals surface area (Å²) < 4.78 is 0. The van der Waals surface area contributed by atoms with Crippen LogP contribution in [0.5, 0.6) is 0 Å². The highest BCUT2D eigenvalue weighted by Crippen LogP contribution is 2.55. The van der Waals surface area contributed by atoms with Gasteiger partial charge < -0.3 is 5.11 Å². The number of rotatable bonds is 4. The van der Waals surface area contributed by atoms with Crippen molar-refractivity contribution in [1.82, 2.24) is 0 Å². The highest BCUT2D eigenvalue weighted by Gasteiger charge is 2.49. The van der Waals surface area contributed by atoms with E-state index in [0.29, 0.717) is 0 Å². The fourth-order valence-corrected chi connectivity index (χ4v) is 1.95. The van der Waals surface area contributed by atoms with Crippen molar-refractivity contribution in [3.05, 3.63) is 37.5 Å². The minimum atomic E-state index is -0.179. The maximum absolute atomic E-state index is 9.79. The molecule has 0 amide bonds. The van der Waals surface area contributed by atoms with Gasteiger partial charge in [-0.3, -0.25) is 0 Å². The van der Waals surface area contributed by atoms with E-state index in [0.717, 1.165) is 19.3 Å². The van der Waals surface area contributed by atoms with E-state index < -0.39 is 0 Å². The molecule has 1 rings (SSSR count). The number of hydrogen-bond donors (Lipinski definition) is 1. The summed E-state index contributed by atoms with van der Waals surface area (Å²) in [5.41, 5.74) is 1.29. The highest BCUT2D eigenvalue weighted by atomic mass is 16.3. The topological polar surface area (TPSA) is 20.2 Å². The molecule has 1 saturated carbocycles. The first-order chi connectivity index (χ1) is 7.71. The van der Waals surface area contributed by atoms with Crippen LogP contribution in [0.3, 0.4) is 0 Å². The molecule has 1 aliphatic rings. The minimum absolute atomic E-state index is 0.0747. The standard InChI is InChI=1S/C11H18O.C2H6.C2H4/c1-4-9(5-2)11(7-8-11)10(12)6-3;2*1-2/h4-5,10,12H,1,6-8H2,2-3H3;1-2H3;1-2H2/b9-5+;;. The second-order valence-corrected chi connectivity index (χ2v) is 3.53. The first-order valence-electron chi connectivity index (χ1n) is 6.18. The lowest BCUT2D eigenvalue weighted by atomic mass is 9.88. The van der Waals surface area contributed by atoms with E-state index in [1.807, 2.05) is 33.8 Å². The van der Waals surface area contributed by atoms with Gasteiger partial charge in [0.15, 0.2) is 0 Å². The van der Waals surface area contributed by atoms with Crippen LogP contribution in [0.4, 0.5) is 0 Å². The van der Waals surface area contributed by atoms with Crippen molar-refractivity contribution in [3.63, 3.8) is 0 Å². The van der Waals surface area contributed by atoms with Crippen LogP contribution in [0, 0.1) is 5.41 Å². The third-order valence-electron chi connectivity index (χ3n) is 2.92. The summed E-state index contributed by atoms with van der Waals surface area (Å²) in [7, 11) is 0. The van der Waals surface area contributed by atoms with Gasteiger partial charge in [0.05, 0.1) is 6.10 Å². The number of hydrogen-bond acceptors (Lipinski definition) is 1. The van der Waals surface area contributed by atoms with Gasteiger partial charge in [0.2, 0.25) is 0 Å². The Balaban J connectivity index is 0. The molecule has 0 aromatic carbocycles. The van der Waals surface area contributed by atoms with Crippen molar-refractivity contribution < 1.29 is 5.11 Å². The summed E-state index contributed by atoms with van der Waals surface area (Å²) in [5.74, 6) is 0. The summed E-state index contributed by atoms with van der Waals surface area (Å²) >= 11 is 0. The molecule has 0 heterocycles. The fraction of sp³-hybridized carbons (Fsp3) is 0.600. The summed E-state index contributed by atoms with van der Waals surface area (Å²) in [5, 5.41) is 9.79. The SMILES string of the molecule is C=C.C=C/C(=C\C)C1(C(O)CC)CC1.CC. The lowest BCUT2D eigenvalue weighted by Crippen LogP contribution is -2.22. The molecular formula is C15H28O. The molecule has 1 atom stereocenters. The summed E-state index contributed by atoms with van der Waals surface area (Å²) in [4.78, 5) is 0. The predicted octanol–water partition coefficient (Wildman–Crippen LogP) is 4.50. The molecular weight excluding hydrogens is 196 g/mol. The molecule has 1 N–H and O–H groups in total. The number of aliphatic hydroxyl groups is 1.